The van der Waals surface area contributed by atoms with E-state index in [-0.39, 0.29) is 18.0 Å². The van der Waals surface area contributed by atoms with E-state index in [1.807, 2.05) is 11.6 Å². The maximum atomic E-state index is 12.5. The molecule has 1 aliphatic heterocycles. The predicted molar refractivity (Wildman–Crippen MR) is 84.3 cm³/mol. The van der Waals surface area contributed by atoms with Gasteiger partial charge in [0.2, 0.25) is 5.91 Å². The molecule has 0 aromatic carbocycles. The van der Waals surface area contributed by atoms with Gasteiger partial charge in [-0.1, -0.05) is 19.3 Å². The van der Waals surface area contributed by atoms with E-state index in [1.54, 1.807) is 6.33 Å². The third-order valence-corrected chi connectivity index (χ3v) is 4.97. The fourth-order valence-electron chi connectivity index (χ4n) is 3.57. The van der Waals surface area contributed by atoms with Crippen LogP contribution in [-0.4, -0.2) is 38.3 Å². The van der Waals surface area contributed by atoms with Crippen molar-refractivity contribution >= 4 is 5.91 Å². The highest BCUT2D eigenvalue weighted by atomic mass is 16.2. The van der Waals surface area contributed by atoms with E-state index < -0.39 is 5.54 Å². The Morgan fingerprint density at radius 1 is 1.48 bits per heavy atom. The van der Waals surface area contributed by atoms with Crippen molar-refractivity contribution in [3.63, 3.8) is 0 Å². The van der Waals surface area contributed by atoms with E-state index in [0.717, 1.165) is 57.3 Å². The van der Waals surface area contributed by atoms with Crippen LogP contribution in [0, 0.1) is 11.3 Å². The maximum absolute atomic E-state index is 12.5. The normalized spacial score (nSPS) is 24.3. The molecule has 0 spiro atoms. The van der Waals surface area contributed by atoms with Crippen molar-refractivity contribution < 1.29 is 4.79 Å². The number of fused-ring (bicyclic) bond motifs is 1. The van der Waals surface area contributed by atoms with Crippen LogP contribution < -0.4 is 10.6 Å². The second-order valence-corrected chi connectivity index (χ2v) is 6.73. The van der Waals surface area contributed by atoms with E-state index in [0.29, 0.717) is 0 Å². The number of carbonyl (C=O) groups is 1. The van der Waals surface area contributed by atoms with Gasteiger partial charge in [-0.3, -0.25) is 4.79 Å². The van der Waals surface area contributed by atoms with Gasteiger partial charge in [0.25, 0.3) is 0 Å². The molecule has 2 heterocycles. The molecule has 2 aliphatic rings. The highest BCUT2D eigenvalue weighted by Crippen LogP contribution is 2.27. The quantitative estimate of drug-likeness (QED) is 0.861. The Bertz CT molecular complexity index is 598. The van der Waals surface area contributed by atoms with Gasteiger partial charge in [0, 0.05) is 12.5 Å². The number of carbonyl (C=O) groups excluding carboxylic acids is 1. The van der Waals surface area contributed by atoms with Gasteiger partial charge in [0.05, 0.1) is 18.7 Å². The van der Waals surface area contributed by atoms with Gasteiger partial charge in [-0.05, 0) is 26.2 Å². The number of aryl methyl sites for hydroxylation is 1. The molecule has 23 heavy (non-hydrogen) atoms. The van der Waals surface area contributed by atoms with E-state index >= 15 is 0 Å². The molecule has 1 aromatic rings. The van der Waals surface area contributed by atoms with Crippen molar-refractivity contribution in [2.24, 2.45) is 0 Å². The Hall–Kier alpha value is -1.94. The summed E-state index contributed by atoms with van der Waals surface area (Å²) in [6.45, 7) is 2.59. The number of nitriles is 1. The number of nitrogens with one attached hydrogen (secondary N) is 2. The molecular weight excluding hydrogens is 292 g/mol. The fourth-order valence-corrected chi connectivity index (χ4v) is 3.57. The number of amides is 1. The minimum Gasteiger partial charge on any atom is -0.336 e. The predicted octanol–water partition coefficient (Wildman–Crippen LogP) is 0.914. The largest absolute Gasteiger partial charge is 0.336 e. The van der Waals surface area contributed by atoms with Crippen LogP contribution in [0.25, 0.3) is 0 Å². The Kier molecular flexibility index (Phi) is 4.62. The second-order valence-electron chi connectivity index (χ2n) is 6.73. The average Bonchev–Trinajstić information content (AvgIpc) is 3.03. The molecule has 1 fully saturated rings. The Morgan fingerprint density at radius 3 is 3.00 bits per heavy atom. The van der Waals surface area contributed by atoms with Crippen LogP contribution in [0.2, 0.25) is 0 Å². The SMILES string of the molecule is C[C@@H](N[C@H]1CCc2ncnn2C1)C(=O)NC1(C#N)CCCCC1. The molecule has 3 rings (SSSR count). The molecule has 0 unspecified atom stereocenters. The molecule has 0 radical (unpaired) electrons. The van der Waals surface area contributed by atoms with Crippen molar-refractivity contribution in [3.05, 3.63) is 12.2 Å². The smallest absolute Gasteiger partial charge is 0.238 e. The van der Waals surface area contributed by atoms with Gasteiger partial charge < -0.3 is 10.6 Å². The van der Waals surface area contributed by atoms with Crippen molar-refractivity contribution in [2.75, 3.05) is 0 Å². The summed E-state index contributed by atoms with van der Waals surface area (Å²) >= 11 is 0. The molecule has 1 aromatic heterocycles. The first-order valence-electron chi connectivity index (χ1n) is 8.48. The molecule has 7 nitrogen and oxygen atoms in total. The Labute approximate surface area is 136 Å². The van der Waals surface area contributed by atoms with E-state index in [1.165, 1.54) is 0 Å². The zero-order valence-electron chi connectivity index (χ0n) is 13.6. The van der Waals surface area contributed by atoms with Crippen molar-refractivity contribution in [1.82, 2.24) is 25.4 Å². The third-order valence-electron chi connectivity index (χ3n) is 4.97. The van der Waals surface area contributed by atoms with Crippen molar-refractivity contribution in [3.8, 4) is 6.07 Å². The van der Waals surface area contributed by atoms with Crippen LogP contribution in [-0.2, 0) is 17.8 Å². The summed E-state index contributed by atoms with van der Waals surface area (Å²) in [7, 11) is 0. The van der Waals surface area contributed by atoms with Gasteiger partial charge in [-0.15, -0.1) is 0 Å². The van der Waals surface area contributed by atoms with Gasteiger partial charge in [0.1, 0.15) is 17.7 Å². The first-order chi connectivity index (χ1) is 11.1. The van der Waals surface area contributed by atoms with E-state index in [2.05, 4.69) is 26.8 Å². The lowest BCUT2D eigenvalue weighted by atomic mass is 9.82. The van der Waals surface area contributed by atoms with Crippen LogP contribution in [0.4, 0.5) is 0 Å². The second kappa shape index (κ2) is 6.67. The molecule has 1 aliphatic carbocycles. The average molecular weight is 316 g/mol. The molecule has 0 bridgehead atoms. The van der Waals surface area contributed by atoms with Crippen LogP contribution in [0.3, 0.4) is 0 Å². The van der Waals surface area contributed by atoms with Crippen molar-refractivity contribution in [2.45, 2.75) is 76.0 Å². The third kappa shape index (κ3) is 3.53. The molecule has 1 amide bonds. The van der Waals surface area contributed by atoms with Gasteiger partial charge in [0.15, 0.2) is 0 Å². The maximum Gasteiger partial charge on any atom is 0.238 e. The van der Waals surface area contributed by atoms with Crippen LogP contribution in [0.1, 0.15) is 51.3 Å². The molecule has 124 valence electrons. The number of aromatic nitrogens is 3. The summed E-state index contributed by atoms with van der Waals surface area (Å²) in [5, 5.41) is 20.0. The van der Waals surface area contributed by atoms with Crippen LogP contribution >= 0.6 is 0 Å². The molecule has 2 atom stereocenters. The lowest BCUT2D eigenvalue weighted by Crippen LogP contribution is -2.56. The molecule has 7 heteroatoms. The van der Waals surface area contributed by atoms with Gasteiger partial charge in [-0.2, -0.15) is 10.4 Å². The topological polar surface area (TPSA) is 95.6 Å². The lowest BCUT2D eigenvalue weighted by molar-refractivity contribution is -0.124. The van der Waals surface area contributed by atoms with Crippen molar-refractivity contribution in [1.29, 1.82) is 5.26 Å². The Balaban J connectivity index is 1.55. The summed E-state index contributed by atoms with van der Waals surface area (Å²) in [6.07, 6.45) is 8.07. The number of hydrogen-bond donors (Lipinski definition) is 2. The summed E-state index contributed by atoms with van der Waals surface area (Å²) in [5.41, 5.74) is -0.670. The number of nitrogens with zero attached hydrogens (tertiary/aromatic N) is 4. The lowest BCUT2D eigenvalue weighted by Gasteiger charge is -2.33. The molecule has 1 saturated carbocycles. The number of rotatable bonds is 4. The van der Waals surface area contributed by atoms with Crippen LogP contribution in [0.15, 0.2) is 6.33 Å². The monoisotopic (exact) mass is 316 g/mol. The molecular formula is C16H24N6O. The van der Waals surface area contributed by atoms with E-state index in [9.17, 15) is 10.1 Å². The van der Waals surface area contributed by atoms with Gasteiger partial charge in [-0.25, -0.2) is 9.67 Å². The standard InChI is InChI=1S/C16H24N6O/c1-12(15(23)21-16(10-17)7-3-2-4-8-16)20-13-5-6-14-18-11-19-22(14)9-13/h11-13,20H,2-9H2,1H3,(H,21,23)/t12-,13+/m1/s1. The highest BCUT2D eigenvalue weighted by molar-refractivity contribution is 5.82. The Morgan fingerprint density at radius 2 is 2.26 bits per heavy atom. The van der Waals surface area contributed by atoms with Crippen LogP contribution in [0.5, 0.6) is 0 Å². The van der Waals surface area contributed by atoms with E-state index in [4.69, 9.17) is 0 Å². The van der Waals surface area contributed by atoms with Gasteiger partial charge >= 0.3 is 0 Å². The summed E-state index contributed by atoms with van der Waals surface area (Å²) in [5.74, 6) is 0.920. The summed E-state index contributed by atoms with van der Waals surface area (Å²) < 4.78 is 1.89. The highest BCUT2D eigenvalue weighted by Gasteiger charge is 2.35. The molecule has 2 N–H and O–H groups in total. The summed E-state index contributed by atoms with van der Waals surface area (Å²) in [4.78, 5) is 16.7. The first kappa shape index (κ1) is 15.9. The number of hydrogen-bond acceptors (Lipinski definition) is 5. The summed E-state index contributed by atoms with van der Waals surface area (Å²) in [6, 6.07) is 2.22. The zero-order chi connectivity index (χ0) is 16.3. The minimum atomic E-state index is -0.670. The fraction of sp³-hybridized carbons (Fsp3) is 0.750. The zero-order valence-corrected chi connectivity index (χ0v) is 13.6. The minimum absolute atomic E-state index is 0.0853. The molecule has 0 saturated heterocycles. The first-order valence-corrected chi connectivity index (χ1v) is 8.48.